The topological polar surface area (TPSA) is 91.8 Å². The number of aromatic nitrogens is 1. The quantitative estimate of drug-likeness (QED) is 0.629. The zero-order valence-corrected chi connectivity index (χ0v) is 17.6. The van der Waals surface area contributed by atoms with E-state index >= 15 is 0 Å². The summed E-state index contributed by atoms with van der Waals surface area (Å²) in [4.78, 5) is 44.7. The van der Waals surface area contributed by atoms with E-state index in [4.69, 9.17) is 4.74 Å². The Hall–Kier alpha value is -2.64. The van der Waals surface area contributed by atoms with Crippen molar-refractivity contribution in [3.05, 3.63) is 24.4 Å². The van der Waals surface area contributed by atoms with Crippen LogP contribution in [0.2, 0.25) is 0 Å². The van der Waals surface area contributed by atoms with Crippen molar-refractivity contribution in [1.82, 2.24) is 15.2 Å². The summed E-state index contributed by atoms with van der Waals surface area (Å²) in [6.07, 6.45) is 3.29. The zero-order valence-electron chi connectivity index (χ0n) is 17.6. The second-order valence-electron chi connectivity index (χ2n) is 7.68. The van der Waals surface area contributed by atoms with Crippen molar-refractivity contribution in [2.24, 2.45) is 5.92 Å². The van der Waals surface area contributed by atoms with Gasteiger partial charge in [0.25, 0.3) is 0 Å². The Kier molecular flexibility index (Phi) is 8.89. The summed E-state index contributed by atoms with van der Waals surface area (Å²) in [5.41, 5.74) is 0. The van der Waals surface area contributed by atoms with Crippen molar-refractivity contribution in [3.63, 3.8) is 0 Å². The highest BCUT2D eigenvalue weighted by molar-refractivity contribution is 5.84. The first-order valence-electron chi connectivity index (χ1n) is 10.2. The molecular weight excluding hydrogens is 372 g/mol. The van der Waals surface area contributed by atoms with Crippen LogP contribution in [0.5, 0.6) is 0 Å². The predicted octanol–water partition coefficient (Wildman–Crippen LogP) is 1.60. The number of methoxy groups -OCH3 is 1. The average molecular weight is 405 g/mol. The van der Waals surface area contributed by atoms with Gasteiger partial charge in [0, 0.05) is 45.2 Å². The van der Waals surface area contributed by atoms with E-state index in [0.717, 1.165) is 18.9 Å². The molecule has 160 valence electrons. The monoisotopic (exact) mass is 404 g/mol. The highest BCUT2D eigenvalue weighted by atomic mass is 16.5. The number of pyridine rings is 1. The largest absolute Gasteiger partial charge is 0.467 e. The van der Waals surface area contributed by atoms with Crippen molar-refractivity contribution >= 4 is 23.6 Å². The van der Waals surface area contributed by atoms with Gasteiger partial charge in [-0.3, -0.25) is 9.59 Å². The van der Waals surface area contributed by atoms with E-state index in [9.17, 15) is 14.4 Å². The molecule has 1 aromatic heterocycles. The first kappa shape index (κ1) is 22.6. The molecule has 29 heavy (non-hydrogen) atoms. The Balaban J connectivity index is 1.70. The van der Waals surface area contributed by atoms with Crippen molar-refractivity contribution in [3.8, 4) is 0 Å². The molecule has 0 spiro atoms. The molecule has 8 heteroatoms. The smallest absolute Gasteiger partial charge is 0.328 e. The van der Waals surface area contributed by atoms with Gasteiger partial charge in [-0.05, 0) is 30.9 Å². The predicted molar refractivity (Wildman–Crippen MR) is 110 cm³/mol. The minimum atomic E-state index is -0.636. The SMILES string of the molecule is COC(=O)[C@H](CC(C)C)NC(=O)CCCC(=O)N1CCN(c2ccccn2)CC1. The summed E-state index contributed by atoms with van der Waals surface area (Å²) in [7, 11) is 1.31. The van der Waals surface area contributed by atoms with Crippen LogP contribution in [0.15, 0.2) is 24.4 Å². The van der Waals surface area contributed by atoms with Crippen LogP contribution >= 0.6 is 0 Å². The van der Waals surface area contributed by atoms with Gasteiger partial charge in [-0.25, -0.2) is 9.78 Å². The first-order valence-corrected chi connectivity index (χ1v) is 10.2. The first-order chi connectivity index (χ1) is 13.9. The molecule has 0 saturated carbocycles. The normalized spacial score (nSPS) is 15.2. The molecule has 1 N–H and O–H groups in total. The highest BCUT2D eigenvalue weighted by Gasteiger charge is 2.24. The molecular formula is C21H32N4O4. The molecule has 1 atom stereocenters. The summed E-state index contributed by atoms with van der Waals surface area (Å²) < 4.78 is 4.75. The molecule has 1 aliphatic rings. The zero-order chi connectivity index (χ0) is 21.2. The van der Waals surface area contributed by atoms with Gasteiger partial charge in [0.15, 0.2) is 0 Å². The molecule has 0 bridgehead atoms. The molecule has 1 saturated heterocycles. The lowest BCUT2D eigenvalue weighted by Gasteiger charge is -2.35. The molecule has 0 unspecified atom stereocenters. The number of rotatable bonds is 9. The Morgan fingerprint density at radius 2 is 1.86 bits per heavy atom. The molecule has 1 fully saturated rings. The fourth-order valence-electron chi connectivity index (χ4n) is 3.38. The molecule has 2 amide bonds. The number of carbonyl (C=O) groups excluding carboxylic acids is 3. The van der Waals surface area contributed by atoms with Gasteiger partial charge in [-0.15, -0.1) is 0 Å². The second kappa shape index (κ2) is 11.4. The number of nitrogens with one attached hydrogen (secondary N) is 1. The number of carbonyl (C=O) groups is 3. The van der Waals surface area contributed by atoms with Crippen LogP contribution in [0.4, 0.5) is 5.82 Å². The highest BCUT2D eigenvalue weighted by Crippen LogP contribution is 2.14. The number of piperazine rings is 1. The van der Waals surface area contributed by atoms with E-state index in [2.05, 4.69) is 15.2 Å². The molecule has 1 aromatic rings. The van der Waals surface area contributed by atoms with E-state index in [1.165, 1.54) is 7.11 Å². The molecule has 0 radical (unpaired) electrons. The number of hydrogen-bond acceptors (Lipinski definition) is 6. The number of amides is 2. The molecule has 0 aliphatic carbocycles. The number of ether oxygens (including phenoxy) is 1. The summed E-state index contributed by atoms with van der Waals surface area (Å²) >= 11 is 0. The van der Waals surface area contributed by atoms with Crippen LogP contribution in [-0.4, -0.2) is 67.0 Å². The molecule has 8 nitrogen and oxygen atoms in total. The maximum atomic E-state index is 12.4. The van der Waals surface area contributed by atoms with Crippen LogP contribution in [-0.2, 0) is 19.1 Å². The lowest BCUT2D eigenvalue weighted by molar-refractivity contribution is -0.145. The number of esters is 1. The lowest BCUT2D eigenvalue weighted by atomic mass is 10.0. The Bertz CT molecular complexity index is 673. The van der Waals surface area contributed by atoms with Crippen molar-refractivity contribution < 1.29 is 19.1 Å². The summed E-state index contributed by atoms with van der Waals surface area (Å²) in [6.45, 7) is 6.77. The minimum absolute atomic E-state index is 0.0603. The fraction of sp³-hybridized carbons (Fsp3) is 0.619. The number of hydrogen-bond donors (Lipinski definition) is 1. The Morgan fingerprint density at radius 3 is 2.45 bits per heavy atom. The summed E-state index contributed by atoms with van der Waals surface area (Å²) in [6, 6.07) is 5.17. The maximum Gasteiger partial charge on any atom is 0.328 e. The molecule has 0 aromatic carbocycles. The van der Waals surface area contributed by atoms with Gasteiger partial charge in [-0.1, -0.05) is 19.9 Å². The van der Waals surface area contributed by atoms with Crippen molar-refractivity contribution in [2.75, 3.05) is 38.2 Å². The molecule has 2 rings (SSSR count). The van der Waals surface area contributed by atoms with Crippen LogP contribution in [0.25, 0.3) is 0 Å². The van der Waals surface area contributed by atoms with E-state index < -0.39 is 12.0 Å². The average Bonchev–Trinajstić information content (AvgIpc) is 2.73. The second-order valence-corrected chi connectivity index (χ2v) is 7.68. The third-order valence-electron chi connectivity index (χ3n) is 4.93. The standard InChI is InChI=1S/C21H32N4O4/c1-16(2)15-17(21(28)29-3)23-19(26)8-6-9-20(27)25-13-11-24(12-14-25)18-7-4-5-10-22-18/h4-5,7,10,16-17H,6,8-9,11-15H2,1-3H3,(H,23,26)/t17-/m0/s1. The Morgan fingerprint density at radius 1 is 1.14 bits per heavy atom. The van der Waals surface area contributed by atoms with Crippen LogP contribution < -0.4 is 10.2 Å². The van der Waals surface area contributed by atoms with Crippen LogP contribution in [0.3, 0.4) is 0 Å². The molecule has 2 heterocycles. The summed E-state index contributed by atoms with van der Waals surface area (Å²) in [5, 5.41) is 2.72. The summed E-state index contributed by atoms with van der Waals surface area (Å²) in [5.74, 6) is 0.580. The number of anilines is 1. The Labute approximate surface area is 172 Å². The van der Waals surface area contributed by atoms with Gasteiger partial charge < -0.3 is 19.9 Å². The van der Waals surface area contributed by atoms with Crippen molar-refractivity contribution in [2.45, 2.75) is 45.6 Å². The van der Waals surface area contributed by atoms with Gasteiger partial charge >= 0.3 is 5.97 Å². The van der Waals surface area contributed by atoms with E-state index in [1.54, 1.807) is 6.20 Å². The van der Waals surface area contributed by atoms with Crippen LogP contribution in [0.1, 0.15) is 39.5 Å². The lowest BCUT2D eigenvalue weighted by Crippen LogP contribution is -2.49. The van der Waals surface area contributed by atoms with Crippen LogP contribution in [0, 0.1) is 5.92 Å². The van der Waals surface area contributed by atoms with E-state index in [-0.39, 0.29) is 24.2 Å². The number of nitrogens with zero attached hydrogens (tertiary/aromatic N) is 3. The van der Waals surface area contributed by atoms with E-state index in [0.29, 0.717) is 32.4 Å². The van der Waals surface area contributed by atoms with Gasteiger partial charge in [0.1, 0.15) is 11.9 Å². The molecule has 1 aliphatic heterocycles. The maximum absolute atomic E-state index is 12.4. The fourth-order valence-corrected chi connectivity index (χ4v) is 3.38. The van der Waals surface area contributed by atoms with Gasteiger partial charge in [0.2, 0.25) is 11.8 Å². The third-order valence-corrected chi connectivity index (χ3v) is 4.93. The van der Waals surface area contributed by atoms with Crippen molar-refractivity contribution in [1.29, 1.82) is 0 Å². The van der Waals surface area contributed by atoms with E-state index in [1.807, 2.05) is 36.9 Å². The van der Waals surface area contributed by atoms with Gasteiger partial charge in [-0.2, -0.15) is 0 Å². The minimum Gasteiger partial charge on any atom is -0.467 e. The van der Waals surface area contributed by atoms with Gasteiger partial charge in [0.05, 0.1) is 7.11 Å². The third kappa shape index (κ3) is 7.36.